The Bertz CT molecular complexity index is 907. The molecular formula is C25H35N5O2. The van der Waals surface area contributed by atoms with Crippen molar-refractivity contribution in [1.29, 1.82) is 0 Å². The molecule has 0 saturated carbocycles. The van der Waals surface area contributed by atoms with Crippen LogP contribution in [-0.4, -0.2) is 66.0 Å². The van der Waals surface area contributed by atoms with Crippen molar-refractivity contribution in [3.63, 3.8) is 0 Å². The van der Waals surface area contributed by atoms with Crippen LogP contribution in [0.3, 0.4) is 0 Å². The lowest BCUT2D eigenvalue weighted by Crippen LogP contribution is -2.48. The summed E-state index contributed by atoms with van der Waals surface area (Å²) in [6.07, 6.45) is 7.22. The summed E-state index contributed by atoms with van der Waals surface area (Å²) >= 11 is 0. The molecule has 1 aromatic carbocycles. The first-order chi connectivity index (χ1) is 15.7. The van der Waals surface area contributed by atoms with Crippen LogP contribution >= 0.6 is 0 Å². The number of hydrogen-bond donors (Lipinski definition) is 1. The van der Waals surface area contributed by atoms with E-state index in [0.29, 0.717) is 25.3 Å². The summed E-state index contributed by atoms with van der Waals surface area (Å²) < 4.78 is 7.39. The third-order valence-electron chi connectivity index (χ3n) is 7.41. The molecule has 3 fully saturated rings. The van der Waals surface area contributed by atoms with Crippen LogP contribution in [0.5, 0.6) is 0 Å². The molecule has 1 amide bonds. The van der Waals surface area contributed by atoms with Gasteiger partial charge in [-0.15, -0.1) is 0 Å². The largest absolute Gasteiger partial charge is 0.381 e. The fourth-order valence-electron chi connectivity index (χ4n) is 5.48. The number of carbonyl (C=O) groups is 1. The molecule has 3 saturated heterocycles. The molecule has 7 heteroatoms. The number of rotatable bonds is 5. The number of aromatic nitrogens is 2. The quantitative estimate of drug-likeness (QED) is 0.776. The van der Waals surface area contributed by atoms with Crippen molar-refractivity contribution >= 4 is 17.4 Å². The van der Waals surface area contributed by atoms with Gasteiger partial charge in [0.1, 0.15) is 5.82 Å². The third-order valence-corrected chi connectivity index (χ3v) is 7.41. The van der Waals surface area contributed by atoms with Gasteiger partial charge in [-0.25, -0.2) is 4.68 Å². The highest BCUT2D eigenvalue weighted by atomic mass is 16.5. The van der Waals surface area contributed by atoms with Gasteiger partial charge in [0.05, 0.1) is 24.8 Å². The van der Waals surface area contributed by atoms with E-state index in [1.807, 2.05) is 10.7 Å². The Balaban J connectivity index is 1.12. The molecule has 0 spiro atoms. The van der Waals surface area contributed by atoms with Crippen molar-refractivity contribution in [3.8, 4) is 0 Å². The molecule has 1 aromatic heterocycles. The van der Waals surface area contributed by atoms with E-state index in [-0.39, 0.29) is 11.8 Å². The standard InChI is InChI=1S/C25H35N5O2/c1-19-3-2-4-23(17-19)29-12-6-21(7-13-29)28-14-8-22(9-15-28)30-24(5-11-26-30)27-25(31)20-10-16-32-18-20/h2-5,11,17,20-22H,6-10,12-16,18H2,1H3,(H,27,31)/t20-/m1/s1. The summed E-state index contributed by atoms with van der Waals surface area (Å²) in [5.74, 6) is 0.847. The van der Waals surface area contributed by atoms with E-state index < -0.39 is 0 Å². The predicted molar refractivity (Wildman–Crippen MR) is 126 cm³/mol. The van der Waals surface area contributed by atoms with Crippen LogP contribution in [0.4, 0.5) is 11.5 Å². The normalized spacial score (nSPS) is 23.5. The van der Waals surface area contributed by atoms with Crippen molar-refractivity contribution in [1.82, 2.24) is 14.7 Å². The highest BCUT2D eigenvalue weighted by Crippen LogP contribution is 2.30. The van der Waals surface area contributed by atoms with Crippen molar-refractivity contribution < 1.29 is 9.53 Å². The smallest absolute Gasteiger partial charge is 0.231 e. The highest BCUT2D eigenvalue weighted by Gasteiger charge is 2.30. The second-order valence-corrected chi connectivity index (χ2v) is 9.54. The van der Waals surface area contributed by atoms with Crippen LogP contribution in [0.25, 0.3) is 0 Å². The van der Waals surface area contributed by atoms with Gasteiger partial charge in [-0.2, -0.15) is 5.10 Å². The first-order valence-electron chi connectivity index (χ1n) is 12.1. The fourth-order valence-corrected chi connectivity index (χ4v) is 5.48. The van der Waals surface area contributed by atoms with E-state index >= 15 is 0 Å². The number of likely N-dealkylation sites (tertiary alicyclic amines) is 1. The average Bonchev–Trinajstić information content (AvgIpc) is 3.52. The molecule has 0 bridgehead atoms. The Kier molecular flexibility index (Phi) is 6.46. The molecule has 172 valence electrons. The van der Waals surface area contributed by atoms with Crippen LogP contribution in [0.15, 0.2) is 36.5 Å². The molecule has 0 unspecified atom stereocenters. The van der Waals surface area contributed by atoms with Crippen molar-refractivity contribution in [3.05, 3.63) is 42.1 Å². The van der Waals surface area contributed by atoms with Crippen molar-refractivity contribution in [2.75, 3.05) is 49.6 Å². The van der Waals surface area contributed by atoms with E-state index in [0.717, 1.165) is 51.3 Å². The Labute approximate surface area is 190 Å². The zero-order valence-corrected chi connectivity index (χ0v) is 19.1. The number of ether oxygens (including phenoxy) is 1. The van der Waals surface area contributed by atoms with Gasteiger partial charge in [-0.3, -0.25) is 4.79 Å². The summed E-state index contributed by atoms with van der Waals surface area (Å²) in [4.78, 5) is 17.7. The summed E-state index contributed by atoms with van der Waals surface area (Å²) in [6.45, 7) is 7.84. The van der Waals surface area contributed by atoms with Crippen LogP contribution in [0, 0.1) is 12.8 Å². The van der Waals surface area contributed by atoms with Gasteiger partial charge in [-0.05, 0) is 56.7 Å². The Morgan fingerprint density at radius 1 is 1.03 bits per heavy atom. The molecule has 3 aliphatic rings. The number of piperidine rings is 2. The second-order valence-electron chi connectivity index (χ2n) is 9.54. The molecular weight excluding hydrogens is 402 g/mol. The van der Waals surface area contributed by atoms with Crippen molar-refractivity contribution in [2.45, 2.75) is 51.1 Å². The van der Waals surface area contributed by atoms with Gasteiger partial charge in [0, 0.05) is 50.6 Å². The van der Waals surface area contributed by atoms with Crippen LogP contribution < -0.4 is 10.2 Å². The zero-order chi connectivity index (χ0) is 21.9. The van der Waals surface area contributed by atoms with Gasteiger partial charge in [0.15, 0.2) is 0 Å². The Morgan fingerprint density at radius 3 is 2.53 bits per heavy atom. The topological polar surface area (TPSA) is 62.6 Å². The van der Waals surface area contributed by atoms with Gasteiger partial charge in [0.25, 0.3) is 0 Å². The molecule has 1 atom stereocenters. The molecule has 5 rings (SSSR count). The zero-order valence-electron chi connectivity index (χ0n) is 19.1. The molecule has 1 N–H and O–H groups in total. The lowest BCUT2D eigenvalue weighted by atomic mass is 9.97. The summed E-state index contributed by atoms with van der Waals surface area (Å²) in [5.41, 5.74) is 2.69. The number of amides is 1. The molecule has 4 heterocycles. The van der Waals surface area contributed by atoms with E-state index in [1.165, 1.54) is 24.1 Å². The fraction of sp³-hybridized carbons (Fsp3) is 0.600. The molecule has 3 aliphatic heterocycles. The first kappa shape index (κ1) is 21.5. The third kappa shape index (κ3) is 4.69. The van der Waals surface area contributed by atoms with Gasteiger partial charge in [-0.1, -0.05) is 12.1 Å². The summed E-state index contributed by atoms with van der Waals surface area (Å²) in [6, 6.07) is 11.8. The van der Waals surface area contributed by atoms with Gasteiger partial charge < -0.3 is 19.9 Å². The maximum absolute atomic E-state index is 12.5. The monoisotopic (exact) mass is 437 g/mol. The maximum atomic E-state index is 12.5. The van der Waals surface area contributed by atoms with Crippen LogP contribution in [0.2, 0.25) is 0 Å². The summed E-state index contributed by atoms with van der Waals surface area (Å²) in [5, 5.41) is 7.64. The minimum atomic E-state index is -0.0362. The van der Waals surface area contributed by atoms with Gasteiger partial charge in [0.2, 0.25) is 5.91 Å². The number of carbonyl (C=O) groups excluding carboxylic acids is 1. The molecule has 0 aliphatic carbocycles. The number of nitrogens with one attached hydrogen (secondary N) is 1. The average molecular weight is 438 g/mol. The lowest BCUT2D eigenvalue weighted by Gasteiger charge is -2.42. The second kappa shape index (κ2) is 9.63. The number of nitrogens with zero attached hydrogens (tertiary/aromatic N) is 4. The SMILES string of the molecule is Cc1cccc(N2CCC(N3CCC(n4nccc4NC(=O)[C@@H]4CCOC4)CC3)CC2)c1. The molecule has 0 radical (unpaired) electrons. The van der Waals surface area contributed by atoms with E-state index in [2.05, 4.69) is 51.4 Å². The van der Waals surface area contributed by atoms with E-state index in [9.17, 15) is 4.79 Å². The Hall–Kier alpha value is -2.38. The predicted octanol–water partition coefficient (Wildman–Crippen LogP) is 3.47. The number of aryl methyl sites for hydroxylation is 1. The molecule has 7 nitrogen and oxygen atoms in total. The van der Waals surface area contributed by atoms with Gasteiger partial charge >= 0.3 is 0 Å². The summed E-state index contributed by atoms with van der Waals surface area (Å²) in [7, 11) is 0. The minimum absolute atomic E-state index is 0.0362. The highest BCUT2D eigenvalue weighted by molar-refractivity contribution is 5.92. The van der Waals surface area contributed by atoms with E-state index in [1.54, 1.807) is 6.20 Å². The van der Waals surface area contributed by atoms with Crippen molar-refractivity contribution in [2.24, 2.45) is 5.92 Å². The Morgan fingerprint density at radius 2 is 1.81 bits per heavy atom. The minimum Gasteiger partial charge on any atom is -0.381 e. The number of hydrogen-bond acceptors (Lipinski definition) is 5. The number of benzene rings is 1. The van der Waals surface area contributed by atoms with Crippen LogP contribution in [0.1, 0.15) is 43.7 Å². The lowest BCUT2D eigenvalue weighted by molar-refractivity contribution is -0.119. The van der Waals surface area contributed by atoms with Crippen LogP contribution in [-0.2, 0) is 9.53 Å². The van der Waals surface area contributed by atoms with E-state index in [4.69, 9.17) is 4.74 Å². The number of anilines is 2. The first-order valence-corrected chi connectivity index (χ1v) is 12.1. The molecule has 32 heavy (non-hydrogen) atoms. The maximum Gasteiger partial charge on any atom is 0.231 e. The molecule has 2 aromatic rings.